The summed E-state index contributed by atoms with van der Waals surface area (Å²) in [6, 6.07) is 2.49. The van der Waals surface area contributed by atoms with Crippen molar-refractivity contribution in [3.05, 3.63) is 12.4 Å². The predicted molar refractivity (Wildman–Crippen MR) is 78.5 cm³/mol. The minimum atomic E-state index is 0.499. The Labute approximate surface area is 115 Å². The van der Waals surface area contributed by atoms with Crippen molar-refractivity contribution in [2.24, 2.45) is 5.73 Å². The summed E-state index contributed by atoms with van der Waals surface area (Å²) in [4.78, 5) is 12.9. The number of hydrogen-bond acceptors (Lipinski definition) is 6. The molecule has 0 spiro atoms. The first-order valence-corrected chi connectivity index (χ1v) is 6.87. The van der Waals surface area contributed by atoms with Gasteiger partial charge in [0.1, 0.15) is 18.0 Å². The maximum atomic E-state index is 5.58. The average Bonchev–Trinajstić information content (AvgIpc) is 2.42. The zero-order valence-electron chi connectivity index (χ0n) is 11.8. The first kappa shape index (κ1) is 14.0. The first-order chi connectivity index (χ1) is 9.19. The molecule has 2 heterocycles. The van der Waals surface area contributed by atoms with Crippen molar-refractivity contribution in [1.82, 2.24) is 14.9 Å². The Bertz CT molecular complexity index is 386. The number of likely N-dealkylation sites (tertiary alicyclic amines) is 1. The van der Waals surface area contributed by atoms with Crippen LogP contribution in [-0.4, -0.2) is 61.2 Å². The van der Waals surface area contributed by atoms with Gasteiger partial charge in [0.15, 0.2) is 0 Å². The quantitative estimate of drug-likeness (QED) is 0.801. The molecule has 106 valence electrons. The number of nitrogens with two attached hydrogens (primary N) is 1. The molecule has 1 saturated heterocycles. The fourth-order valence-electron chi connectivity index (χ4n) is 2.36. The van der Waals surface area contributed by atoms with E-state index in [1.807, 2.05) is 25.1 Å². The van der Waals surface area contributed by atoms with Crippen LogP contribution in [0, 0.1) is 0 Å². The SMILES string of the molecule is CN(C)c1cc(NC2CCN(CCN)CC2)ncn1. The zero-order valence-corrected chi connectivity index (χ0v) is 11.8. The molecule has 1 fully saturated rings. The summed E-state index contributed by atoms with van der Waals surface area (Å²) in [7, 11) is 3.97. The maximum absolute atomic E-state index is 5.58. The zero-order chi connectivity index (χ0) is 13.7. The minimum absolute atomic E-state index is 0.499. The van der Waals surface area contributed by atoms with E-state index >= 15 is 0 Å². The molecule has 6 nitrogen and oxygen atoms in total. The molecule has 0 aliphatic carbocycles. The molecule has 0 aromatic carbocycles. The number of hydrogen-bond donors (Lipinski definition) is 2. The Morgan fingerprint density at radius 1 is 1.37 bits per heavy atom. The molecule has 1 aliphatic rings. The second-order valence-corrected chi connectivity index (χ2v) is 5.20. The maximum Gasteiger partial charge on any atom is 0.133 e. The van der Waals surface area contributed by atoms with E-state index in [9.17, 15) is 0 Å². The normalized spacial score (nSPS) is 17.4. The molecular formula is C13H24N6. The van der Waals surface area contributed by atoms with Crippen LogP contribution in [-0.2, 0) is 0 Å². The summed E-state index contributed by atoms with van der Waals surface area (Å²) >= 11 is 0. The van der Waals surface area contributed by atoms with Gasteiger partial charge in [-0.2, -0.15) is 0 Å². The molecule has 0 amide bonds. The van der Waals surface area contributed by atoms with Crippen molar-refractivity contribution in [1.29, 1.82) is 0 Å². The van der Waals surface area contributed by atoms with E-state index in [-0.39, 0.29) is 0 Å². The van der Waals surface area contributed by atoms with Gasteiger partial charge in [-0.1, -0.05) is 0 Å². The Kier molecular flexibility index (Phi) is 4.93. The van der Waals surface area contributed by atoms with Gasteiger partial charge in [-0.15, -0.1) is 0 Å². The standard InChI is InChI=1S/C13H24N6/c1-18(2)13-9-12(15-10-16-13)17-11-3-6-19(7-4-11)8-5-14/h9-11H,3-8,14H2,1-2H3,(H,15,16,17). The van der Waals surface area contributed by atoms with Gasteiger partial charge in [0.05, 0.1) is 0 Å². The van der Waals surface area contributed by atoms with Crippen LogP contribution in [0.25, 0.3) is 0 Å². The monoisotopic (exact) mass is 264 g/mol. The van der Waals surface area contributed by atoms with E-state index in [1.54, 1.807) is 6.33 Å². The highest BCUT2D eigenvalue weighted by Crippen LogP contribution is 2.17. The Morgan fingerprint density at radius 3 is 2.74 bits per heavy atom. The summed E-state index contributed by atoms with van der Waals surface area (Å²) < 4.78 is 0. The van der Waals surface area contributed by atoms with Crippen LogP contribution in [0.15, 0.2) is 12.4 Å². The van der Waals surface area contributed by atoms with Gasteiger partial charge in [0.25, 0.3) is 0 Å². The molecular weight excluding hydrogens is 240 g/mol. The molecule has 0 bridgehead atoms. The van der Waals surface area contributed by atoms with Crippen molar-refractivity contribution < 1.29 is 0 Å². The van der Waals surface area contributed by atoms with Crippen molar-refractivity contribution in [2.45, 2.75) is 18.9 Å². The Balaban J connectivity index is 1.87. The van der Waals surface area contributed by atoms with Gasteiger partial charge >= 0.3 is 0 Å². The highest BCUT2D eigenvalue weighted by molar-refractivity contribution is 5.47. The van der Waals surface area contributed by atoms with Crippen molar-refractivity contribution in [3.63, 3.8) is 0 Å². The second-order valence-electron chi connectivity index (χ2n) is 5.20. The summed E-state index contributed by atoms with van der Waals surface area (Å²) in [5.41, 5.74) is 5.58. The molecule has 0 saturated carbocycles. The van der Waals surface area contributed by atoms with Gasteiger partial charge < -0.3 is 20.9 Å². The van der Waals surface area contributed by atoms with Crippen LogP contribution in [0.2, 0.25) is 0 Å². The number of piperidine rings is 1. The molecule has 0 atom stereocenters. The van der Waals surface area contributed by atoms with Gasteiger partial charge in [0, 0.05) is 52.4 Å². The predicted octanol–water partition coefficient (Wildman–Crippen LogP) is 0.378. The third-order valence-corrected chi connectivity index (χ3v) is 3.50. The molecule has 0 radical (unpaired) electrons. The lowest BCUT2D eigenvalue weighted by Gasteiger charge is -2.32. The highest BCUT2D eigenvalue weighted by atomic mass is 15.2. The average molecular weight is 264 g/mol. The highest BCUT2D eigenvalue weighted by Gasteiger charge is 2.18. The second kappa shape index (κ2) is 6.68. The summed E-state index contributed by atoms with van der Waals surface area (Å²) in [5.74, 6) is 1.84. The third-order valence-electron chi connectivity index (χ3n) is 3.50. The van der Waals surface area contributed by atoms with Crippen LogP contribution in [0.5, 0.6) is 0 Å². The lowest BCUT2D eigenvalue weighted by Crippen LogP contribution is -2.41. The van der Waals surface area contributed by atoms with E-state index in [0.29, 0.717) is 6.04 Å². The lowest BCUT2D eigenvalue weighted by atomic mass is 10.1. The van der Waals surface area contributed by atoms with Crippen LogP contribution in [0.1, 0.15) is 12.8 Å². The van der Waals surface area contributed by atoms with Crippen molar-refractivity contribution in [3.8, 4) is 0 Å². The first-order valence-electron chi connectivity index (χ1n) is 6.87. The summed E-state index contributed by atoms with van der Waals surface area (Å²) in [6.45, 7) is 3.97. The van der Waals surface area contributed by atoms with Crippen LogP contribution in [0.4, 0.5) is 11.6 Å². The van der Waals surface area contributed by atoms with Crippen LogP contribution in [0.3, 0.4) is 0 Å². The smallest absolute Gasteiger partial charge is 0.133 e. The van der Waals surface area contributed by atoms with Gasteiger partial charge in [-0.25, -0.2) is 9.97 Å². The molecule has 19 heavy (non-hydrogen) atoms. The topological polar surface area (TPSA) is 70.3 Å². The number of aromatic nitrogens is 2. The number of nitrogens with one attached hydrogen (secondary N) is 1. The van der Waals surface area contributed by atoms with E-state index in [2.05, 4.69) is 20.2 Å². The van der Waals surface area contributed by atoms with E-state index in [0.717, 1.165) is 50.7 Å². The molecule has 1 aromatic heterocycles. The molecule has 1 aromatic rings. The molecule has 0 unspecified atom stereocenters. The molecule has 1 aliphatic heterocycles. The van der Waals surface area contributed by atoms with Crippen LogP contribution >= 0.6 is 0 Å². The van der Waals surface area contributed by atoms with Gasteiger partial charge in [-0.05, 0) is 12.8 Å². The number of anilines is 2. The molecule has 2 rings (SSSR count). The van der Waals surface area contributed by atoms with E-state index in [1.165, 1.54) is 0 Å². The molecule has 6 heteroatoms. The fraction of sp³-hybridized carbons (Fsp3) is 0.692. The Hall–Kier alpha value is -1.40. The van der Waals surface area contributed by atoms with Crippen molar-refractivity contribution in [2.75, 3.05) is 50.5 Å². The van der Waals surface area contributed by atoms with E-state index < -0.39 is 0 Å². The third kappa shape index (κ3) is 4.04. The number of rotatable bonds is 5. The van der Waals surface area contributed by atoms with Crippen molar-refractivity contribution >= 4 is 11.6 Å². The summed E-state index contributed by atoms with van der Waals surface area (Å²) in [6.07, 6.45) is 3.89. The molecule has 3 N–H and O–H groups in total. The van der Waals surface area contributed by atoms with Crippen LogP contribution < -0.4 is 16.0 Å². The minimum Gasteiger partial charge on any atom is -0.367 e. The van der Waals surface area contributed by atoms with Gasteiger partial charge in [0.2, 0.25) is 0 Å². The fourth-order valence-corrected chi connectivity index (χ4v) is 2.36. The Morgan fingerprint density at radius 2 is 2.11 bits per heavy atom. The number of nitrogens with zero attached hydrogens (tertiary/aromatic N) is 4. The van der Waals surface area contributed by atoms with E-state index in [4.69, 9.17) is 5.73 Å². The van der Waals surface area contributed by atoms with Gasteiger partial charge in [-0.3, -0.25) is 0 Å². The lowest BCUT2D eigenvalue weighted by molar-refractivity contribution is 0.224. The largest absolute Gasteiger partial charge is 0.367 e. The summed E-state index contributed by atoms with van der Waals surface area (Å²) in [5, 5.41) is 3.50.